The van der Waals surface area contributed by atoms with E-state index >= 15 is 0 Å². The first-order valence-electron chi connectivity index (χ1n) is 11.9. The van der Waals surface area contributed by atoms with Crippen molar-refractivity contribution in [1.82, 2.24) is 4.57 Å². The predicted molar refractivity (Wildman–Crippen MR) is 137 cm³/mol. The van der Waals surface area contributed by atoms with E-state index in [1.54, 1.807) is 5.57 Å². The maximum atomic E-state index is 2.51. The molecule has 4 aromatic carbocycles. The standard InChI is InChI=1S/C32H25N/c1-32(22-12-4-2-5-13-22)27-18-10-8-17-26(27)30-28(32)21-20-25-24-16-9-11-19-29(24)33(31(25)30)23-14-6-3-7-15-23/h2-19H,20-21H2,1H3. The maximum Gasteiger partial charge on any atom is 0.0579 e. The van der Waals surface area contributed by atoms with Crippen LogP contribution in [-0.2, 0) is 11.8 Å². The van der Waals surface area contributed by atoms with Crippen molar-refractivity contribution in [3.8, 4) is 5.69 Å². The molecule has 0 bridgehead atoms. The summed E-state index contributed by atoms with van der Waals surface area (Å²) in [6.07, 6.45) is 2.16. The zero-order valence-corrected chi connectivity index (χ0v) is 18.8. The maximum absolute atomic E-state index is 2.51. The van der Waals surface area contributed by atoms with Crippen molar-refractivity contribution in [2.45, 2.75) is 25.2 Å². The van der Waals surface area contributed by atoms with E-state index in [0.29, 0.717) is 0 Å². The Labute approximate surface area is 194 Å². The van der Waals surface area contributed by atoms with Crippen LogP contribution in [0.3, 0.4) is 0 Å². The Morgan fingerprint density at radius 2 is 1.33 bits per heavy atom. The number of aromatic nitrogens is 1. The molecule has 33 heavy (non-hydrogen) atoms. The number of nitrogens with zero attached hydrogens (tertiary/aromatic N) is 1. The van der Waals surface area contributed by atoms with Gasteiger partial charge in [-0.1, -0.05) is 91.0 Å². The molecule has 0 fully saturated rings. The molecule has 0 spiro atoms. The summed E-state index contributed by atoms with van der Waals surface area (Å²) < 4.78 is 2.51. The van der Waals surface area contributed by atoms with Crippen LogP contribution < -0.4 is 0 Å². The van der Waals surface area contributed by atoms with E-state index in [1.807, 2.05) is 0 Å². The fraction of sp³-hybridized carbons (Fsp3) is 0.125. The van der Waals surface area contributed by atoms with Crippen LogP contribution in [-0.4, -0.2) is 4.57 Å². The summed E-state index contributed by atoms with van der Waals surface area (Å²) in [7, 11) is 0. The SMILES string of the molecule is CC1(c2ccccc2)C2=C(c3ccccc31)c1c(c3ccccc3n1-c1ccccc1)CC2. The van der Waals surface area contributed by atoms with Gasteiger partial charge in [0, 0.05) is 22.1 Å². The third-order valence-electron chi connectivity index (χ3n) is 7.85. The third-order valence-corrected chi connectivity index (χ3v) is 7.85. The van der Waals surface area contributed by atoms with Gasteiger partial charge in [-0.3, -0.25) is 0 Å². The number of hydrogen-bond donors (Lipinski definition) is 0. The van der Waals surface area contributed by atoms with Gasteiger partial charge in [-0.15, -0.1) is 0 Å². The first-order chi connectivity index (χ1) is 16.3. The lowest BCUT2D eigenvalue weighted by Gasteiger charge is -2.32. The number of para-hydroxylation sites is 2. The number of fused-ring (bicyclic) bond motifs is 6. The minimum atomic E-state index is -0.108. The van der Waals surface area contributed by atoms with Crippen molar-refractivity contribution < 1.29 is 0 Å². The Morgan fingerprint density at radius 3 is 2.15 bits per heavy atom. The monoisotopic (exact) mass is 423 g/mol. The molecular formula is C32H25N. The molecular weight excluding hydrogens is 398 g/mol. The lowest BCUT2D eigenvalue weighted by atomic mass is 9.71. The number of rotatable bonds is 2. The second-order valence-electron chi connectivity index (χ2n) is 9.41. The molecule has 158 valence electrons. The average Bonchev–Trinajstić information content (AvgIpc) is 3.36. The zero-order chi connectivity index (χ0) is 22.0. The van der Waals surface area contributed by atoms with Gasteiger partial charge >= 0.3 is 0 Å². The van der Waals surface area contributed by atoms with Crippen molar-refractivity contribution in [3.63, 3.8) is 0 Å². The van der Waals surface area contributed by atoms with E-state index in [0.717, 1.165) is 12.8 Å². The van der Waals surface area contributed by atoms with Gasteiger partial charge in [0.15, 0.2) is 0 Å². The van der Waals surface area contributed by atoms with Crippen LogP contribution in [0.15, 0.2) is 115 Å². The van der Waals surface area contributed by atoms with Gasteiger partial charge in [0.05, 0.1) is 11.2 Å². The summed E-state index contributed by atoms with van der Waals surface area (Å²) in [6.45, 7) is 2.43. The quantitative estimate of drug-likeness (QED) is 0.274. The Balaban J connectivity index is 1.63. The van der Waals surface area contributed by atoms with Gasteiger partial charge in [0.25, 0.3) is 0 Å². The van der Waals surface area contributed by atoms with Crippen LogP contribution in [0.4, 0.5) is 0 Å². The largest absolute Gasteiger partial charge is 0.309 e. The van der Waals surface area contributed by atoms with E-state index in [4.69, 9.17) is 0 Å². The lowest BCUT2D eigenvalue weighted by molar-refractivity contribution is 0.647. The Kier molecular flexibility index (Phi) is 3.87. The number of benzene rings is 4. The zero-order valence-electron chi connectivity index (χ0n) is 18.8. The van der Waals surface area contributed by atoms with Gasteiger partial charge in [-0.2, -0.15) is 0 Å². The van der Waals surface area contributed by atoms with Crippen molar-refractivity contribution in [3.05, 3.63) is 143 Å². The second kappa shape index (κ2) is 6.83. The summed E-state index contributed by atoms with van der Waals surface area (Å²) >= 11 is 0. The number of allylic oxidation sites excluding steroid dienone is 1. The Hall–Kier alpha value is -3.84. The molecule has 7 rings (SSSR count). The molecule has 0 saturated heterocycles. The molecule has 1 aromatic heterocycles. The highest BCUT2D eigenvalue weighted by Crippen LogP contribution is 2.57. The predicted octanol–water partition coefficient (Wildman–Crippen LogP) is 7.70. The minimum absolute atomic E-state index is 0.108. The van der Waals surface area contributed by atoms with E-state index < -0.39 is 0 Å². The first-order valence-corrected chi connectivity index (χ1v) is 11.9. The molecule has 0 amide bonds. The number of aryl methyl sites for hydroxylation is 1. The average molecular weight is 424 g/mol. The van der Waals surface area contributed by atoms with Crippen LogP contribution in [0, 0.1) is 0 Å². The summed E-state index contributed by atoms with van der Waals surface area (Å²) in [5, 5.41) is 1.38. The molecule has 1 heterocycles. The van der Waals surface area contributed by atoms with Gasteiger partial charge in [-0.05, 0) is 65.8 Å². The smallest absolute Gasteiger partial charge is 0.0579 e. The Bertz CT molecular complexity index is 1550. The first kappa shape index (κ1) is 18.7. The topological polar surface area (TPSA) is 4.93 Å². The fourth-order valence-corrected chi connectivity index (χ4v) is 6.38. The molecule has 0 radical (unpaired) electrons. The molecule has 1 nitrogen and oxygen atoms in total. The van der Waals surface area contributed by atoms with E-state index in [9.17, 15) is 0 Å². The van der Waals surface area contributed by atoms with Gasteiger partial charge in [0.1, 0.15) is 0 Å². The van der Waals surface area contributed by atoms with E-state index in [1.165, 1.54) is 50.1 Å². The lowest BCUT2D eigenvalue weighted by Crippen LogP contribution is -2.25. The molecule has 1 unspecified atom stereocenters. The molecule has 2 aliphatic carbocycles. The van der Waals surface area contributed by atoms with Crippen molar-refractivity contribution in [1.29, 1.82) is 0 Å². The van der Waals surface area contributed by atoms with Gasteiger partial charge in [0.2, 0.25) is 0 Å². The molecule has 0 N–H and O–H groups in total. The molecule has 2 aliphatic rings. The molecule has 1 heteroatoms. The summed E-state index contributed by atoms with van der Waals surface area (Å²) in [4.78, 5) is 0. The molecule has 0 aliphatic heterocycles. The summed E-state index contributed by atoms with van der Waals surface area (Å²) in [5.41, 5.74) is 12.5. The van der Waals surface area contributed by atoms with Gasteiger partial charge < -0.3 is 4.57 Å². The highest BCUT2D eigenvalue weighted by atomic mass is 15.0. The normalized spacial score (nSPS) is 18.8. The summed E-state index contributed by atoms with van der Waals surface area (Å²) in [6, 6.07) is 39.9. The molecule has 1 atom stereocenters. The van der Waals surface area contributed by atoms with Crippen molar-refractivity contribution in [2.75, 3.05) is 0 Å². The highest BCUT2D eigenvalue weighted by Gasteiger charge is 2.45. The van der Waals surface area contributed by atoms with Crippen LogP contribution in [0.25, 0.3) is 22.2 Å². The van der Waals surface area contributed by atoms with Crippen LogP contribution >= 0.6 is 0 Å². The van der Waals surface area contributed by atoms with Crippen LogP contribution in [0.5, 0.6) is 0 Å². The van der Waals surface area contributed by atoms with Crippen molar-refractivity contribution >= 4 is 16.5 Å². The van der Waals surface area contributed by atoms with Crippen LogP contribution in [0.2, 0.25) is 0 Å². The molecule has 5 aromatic rings. The van der Waals surface area contributed by atoms with Gasteiger partial charge in [-0.25, -0.2) is 0 Å². The summed E-state index contributed by atoms with van der Waals surface area (Å²) in [5.74, 6) is 0. The third kappa shape index (κ3) is 2.42. The number of hydrogen-bond acceptors (Lipinski definition) is 0. The van der Waals surface area contributed by atoms with E-state index in [-0.39, 0.29) is 5.41 Å². The Morgan fingerprint density at radius 1 is 0.667 bits per heavy atom. The van der Waals surface area contributed by atoms with E-state index in [2.05, 4.69) is 121 Å². The minimum Gasteiger partial charge on any atom is -0.309 e. The second-order valence-corrected chi connectivity index (χ2v) is 9.41. The highest BCUT2D eigenvalue weighted by molar-refractivity contribution is 6.00. The fourth-order valence-electron chi connectivity index (χ4n) is 6.38. The molecule has 0 saturated carbocycles. The van der Waals surface area contributed by atoms with Crippen LogP contribution in [0.1, 0.15) is 41.3 Å². The van der Waals surface area contributed by atoms with Crippen molar-refractivity contribution in [2.24, 2.45) is 0 Å².